The van der Waals surface area contributed by atoms with Crippen LogP contribution in [0.5, 0.6) is 5.88 Å². The van der Waals surface area contributed by atoms with Gasteiger partial charge in [0.2, 0.25) is 5.88 Å². The van der Waals surface area contributed by atoms with E-state index in [-0.39, 0.29) is 6.10 Å². The molecule has 3 rings (SSSR count). The van der Waals surface area contributed by atoms with Gasteiger partial charge in [0.25, 0.3) is 0 Å². The number of nitrogens with one attached hydrogen (secondary N) is 3. The van der Waals surface area contributed by atoms with Gasteiger partial charge in [-0.05, 0) is 25.9 Å². The molecule has 0 unspecified atom stereocenters. The van der Waals surface area contributed by atoms with Crippen molar-refractivity contribution in [3.63, 3.8) is 0 Å². The minimum absolute atomic E-state index is 0.220. The Balaban J connectivity index is 1.65. The average Bonchev–Trinajstić information content (AvgIpc) is 2.93. The molecule has 1 fully saturated rings. The fourth-order valence-electron chi connectivity index (χ4n) is 2.01. The van der Waals surface area contributed by atoms with E-state index in [1.54, 1.807) is 18.6 Å². The molecule has 0 aliphatic carbocycles. The first-order valence-corrected chi connectivity index (χ1v) is 6.36. The smallest absolute Gasteiger partial charge is 0.234 e. The molecular formula is C12H16N6O. The molecule has 1 aliphatic heterocycles. The number of H-pyrrole nitrogens is 1. The number of rotatable bonds is 4. The van der Waals surface area contributed by atoms with Gasteiger partial charge in [-0.25, -0.2) is 0 Å². The number of ether oxygens (including phenoxy) is 1. The summed E-state index contributed by atoms with van der Waals surface area (Å²) < 4.78 is 5.84. The largest absolute Gasteiger partial charge is 0.473 e. The van der Waals surface area contributed by atoms with Gasteiger partial charge in [-0.1, -0.05) is 0 Å². The molecule has 1 saturated heterocycles. The Bertz CT molecular complexity index is 509. The maximum absolute atomic E-state index is 5.84. The Morgan fingerprint density at radius 1 is 1.26 bits per heavy atom. The number of piperidine rings is 1. The van der Waals surface area contributed by atoms with Crippen molar-refractivity contribution in [3.05, 3.63) is 24.7 Å². The predicted octanol–water partition coefficient (Wildman–Crippen LogP) is 1.07. The van der Waals surface area contributed by atoms with Crippen LogP contribution in [0.25, 0.3) is 0 Å². The van der Waals surface area contributed by atoms with Crippen LogP contribution in [0, 0.1) is 0 Å². The molecule has 0 atom stereocenters. The van der Waals surface area contributed by atoms with Gasteiger partial charge in [0.15, 0.2) is 5.82 Å². The van der Waals surface area contributed by atoms with E-state index in [0.29, 0.717) is 11.7 Å². The highest BCUT2D eigenvalue weighted by atomic mass is 16.5. The summed E-state index contributed by atoms with van der Waals surface area (Å²) in [6, 6.07) is 1.82. The van der Waals surface area contributed by atoms with E-state index in [4.69, 9.17) is 4.74 Å². The lowest BCUT2D eigenvalue weighted by Crippen LogP contribution is -2.34. The summed E-state index contributed by atoms with van der Waals surface area (Å²) in [4.78, 5) is 8.51. The van der Waals surface area contributed by atoms with Crippen molar-refractivity contribution in [3.8, 4) is 5.88 Å². The zero-order valence-corrected chi connectivity index (χ0v) is 10.5. The SMILES string of the molecule is c1cc(Nc2cncc(OC3CCNCC3)n2)[nH]n1. The Hall–Kier alpha value is -2.15. The monoisotopic (exact) mass is 260 g/mol. The van der Waals surface area contributed by atoms with Gasteiger partial charge in [0.05, 0.1) is 18.6 Å². The van der Waals surface area contributed by atoms with Crippen LogP contribution in [0.2, 0.25) is 0 Å². The third-order valence-corrected chi connectivity index (χ3v) is 2.95. The first kappa shape index (κ1) is 11.9. The maximum Gasteiger partial charge on any atom is 0.234 e. The van der Waals surface area contributed by atoms with Crippen molar-refractivity contribution in [1.82, 2.24) is 25.5 Å². The molecule has 7 heteroatoms. The fourth-order valence-corrected chi connectivity index (χ4v) is 2.01. The van der Waals surface area contributed by atoms with Crippen LogP contribution in [-0.2, 0) is 0 Å². The van der Waals surface area contributed by atoms with Gasteiger partial charge >= 0.3 is 0 Å². The number of anilines is 2. The average molecular weight is 260 g/mol. The second-order valence-electron chi connectivity index (χ2n) is 4.41. The Labute approximate surface area is 110 Å². The molecule has 100 valence electrons. The van der Waals surface area contributed by atoms with E-state index in [1.165, 1.54) is 0 Å². The summed E-state index contributed by atoms with van der Waals surface area (Å²) in [5.74, 6) is 1.96. The maximum atomic E-state index is 5.84. The molecule has 19 heavy (non-hydrogen) atoms. The van der Waals surface area contributed by atoms with E-state index >= 15 is 0 Å². The van der Waals surface area contributed by atoms with Crippen LogP contribution in [0.3, 0.4) is 0 Å². The van der Waals surface area contributed by atoms with E-state index in [9.17, 15) is 0 Å². The molecule has 7 nitrogen and oxygen atoms in total. The lowest BCUT2D eigenvalue weighted by atomic mass is 10.1. The minimum Gasteiger partial charge on any atom is -0.473 e. The molecule has 2 aromatic rings. The van der Waals surface area contributed by atoms with Crippen LogP contribution >= 0.6 is 0 Å². The summed E-state index contributed by atoms with van der Waals surface area (Å²) in [6.07, 6.45) is 7.18. The highest BCUT2D eigenvalue weighted by Gasteiger charge is 2.15. The van der Waals surface area contributed by atoms with E-state index in [1.807, 2.05) is 6.07 Å². The number of nitrogens with zero attached hydrogens (tertiary/aromatic N) is 3. The summed E-state index contributed by atoms with van der Waals surface area (Å²) in [5.41, 5.74) is 0. The van der Waals surface area contributed by atoms with Crippen LogP contribution < -0.4 is 15.4 Å². The standard InChI is InChI=1S/C12H16N6O/c1-4-13-5-2-9(1)19-12-8-14-7-11(17-12)16-10-3-6-15-18-10/h3,6-9,13H,1-2,4-5H2,(H2,15,16,17,18). The van der Waals surface area contributed by atoms with Crippen LogP contribution in [0.4, 0.5) is 11.6 Å². The number of aromatic nitrogens is 4. The highest BCUT2D eigenvalue weighted by molar-refractivity contribution is 5.49. The Kier molecular flexibility index (Phi) is 3.55. The topological polar surface area (TPSA) is 87.8 Å². The summed E-state index contributed by atoms with van der Waals surface area (Å²) in [5, 5.41) is 13.0. The van der Waals surface area contributed by atoms with Gasteiger partial charge in [0, 0.05) is 6.07 Å². The molecule has 3 heterocycles. The van der Waals surface area contributed by atoms with Crippen molar-refractivity contribution < 1.29 is 4.74 Å². The second kappa shape index (κ2) is 5.66. The summed E-state index contributed by atoms with van der Waals surface area (Å²) in [6.45, 7) is 1.98. The molecule has 0 aromatic carbocycles. The first-order valence-electron chi connectivity index (χ1n) is 6.36. The van der Waals surface area contributed by atoms with Crippen molar-refractivity contribution in [2.24, 2.45) is 0 Å². The van der Waals surface area contributed by atoms with Gasteiger partial charge in [-0.3, -0.25) is 10.1 Å². The quantitative estimate of drug-likeness (QED) is 0.762. The lowest BCUT2D eigenvalue weighted by Gasteiger charge is -2.23. The fraction of sp³-hybridized carbons (Fsp3) is 0.417. The zero-order valence-electron chi connectivity index (χ0n) is 10.5. The third-order valence-electron chi connectivity index (χ3n) is 2.95. The van der Waals surface area contributed by atoms with Gasteiger partial charge in [0.1, 0.15) is 11.9 Å². The number of hydrogen-bond acceptors (Lipinski definition) is 6. The van der Waals surface area contributed by atoms with Crippen LogP contribution in [-0.4, -0.2) is 39.4 Å². The molecule has 0 bridgehead atoms. The normalized spacial score (nSPS) is 16.2. The minimum atomic E-state index is 0.220. The van der Waals surface area contributed by atoms with Gasteiger partial charge in [-0.15, -0.1) is 0 Å². The summed E-state index contributed by atoms with van der Waals surface area (Å²) >= 11 is 0. The van der Waals surface area contributed by atoms with Crippen molar-refractivity contribution in [2.75, 3.05) is 18.4 Å². The van der Waals surface area contributed by atoms with Crippen molar-refractivity contribution in [1.29, 1.82) is 0 Å². The highest BCUT2D eigenvalue weighted by Crippen LogP contribution is 2.17. The van der Waals surface area contributed by atoms with Gasteiger partial charge in [-0.2, -0.15) is 10.1 Å². The molecule has 2 aromatic heterocycles. The number of hydrogen-bond donors (Lipinski definition) is 3. The van der Waals surface area contributed by atoms with Crippen molar-refractivity contribution >= 4 is 11.6 Å². The molecular weight excluding hydrogens is 244 g/mol. The molecule has 0 saturated carbocycles. The van der Waals surface area contributed by atoms with E-state index in [2.05, 4.69) is 30.8 Å². The molecule has 0 spiro atoms. The third kappa shape index (κ3) is 3.19. The molecule has 3 N–H and O–H groups in total. The summed E-state index contributed by atoms with van der Waals surface area (Å²) in [7, 11) is 0. The number of aromatic amines is 1. The Morgan fingerprint density at radius 3 is 2.95 bits per heavy atom. The lowest BCUT2D eigenvalue weighted by molar-refractivity contribution is 0.155. The Morgan fingerprint density at radius 2 is 2.16 bits per heavy atom. The first-order chi connectivity index (χ1) is 9.40. The van der Waals surface area contributed by atoms with Gasteiger partial charge < -0.3 is 15.4 Å². The van der Waals surface area contributed by atoms with Crippen molar-refractivity contribution in [2.45, 2.75) is 18.9 Å². The molecule has 0 radical (unpaired) electrons. The van der Waals surface area contributed by atoms with Crippen LogP contribution in [0.15, 0.2) is 24.7 Å². The predicted molar refractivity (Wildman–Crippen MR) is 70.4 cm³/mol. The van der Waals surface area contributed by atoms with E-state index in [0.717, 1.165) is 31.7 Å². The molecule has 0 amide bonds. The van der Waals surface area contributed by atoms with Crippen LogP contribution in [0.1, 0.15) is 12.8 Å². The van der Waals surface area contributed by atoms with E-state index < -0.39 is 0 Å². The molecule has 1 aliphatic rings. The zero-order chi connectivity index (χ0) is 12.9. The second-order valence-corrected chi connectivity index (χ2v) is 4.41.